The summed E-state index contributed by atoms with van der Waals surface area (Å²) in [7, 11) is 0. The summed E-state index contributed by atoms with van der Waals surface area (Å²) in [6.07, 6.45) is 4.14. The maximum absolute atomic E-state index is 2.49. The first-order valence-electron chi connectivity index (χ1n) is 11.8. The van der Waals surface area contributed by atoms with E-state index in [0.29, 0.717) is 0 Å². The minimum Gasteiger partial charge on any atom is -0.310 e. The molecule has 2 bridgehead atoms. The molecule has 1 heteroatoms. The lowest BCUT2D eigenvalue weighted by Gasteiger charge is -2.27. The van der Waals surface area contributed by atoms with Crippen LogP contribution in [0, 0.1) is 13.8 Å². The first-order chi connectivity index (χ1) is 15.7. The molecule has 158 valence electrons. The van der Waals surface area contributed by atoms with Gasteiger partial charge in [0.2, 0.25) is 0 Å². The Kier molecular flexibility index (Phi) is 4.64. The van der Waals surface area contributed by atoms with Gasteiger partial charge >= 0.3 is 0 Å². The van der Waals surface area contributed by atoms with Gasteiger partial charge in [0.1, 0.15) is 0 Å². The average Bonchev–Trinajstić information content (AvgIpc) is 3.44. The quantitative estimate of drug-likeness (QED) is 0.322. The van der Waals surface area contributed by atoms with E-state index in [2.05, 4.69) is 110 Å². The molecule has 32 heavy (non-hydrogen) atoms. The van der Waals surface area contributed by atoms with E-state index in [1.165, 1.54) is 58.6 Å². The molecule has 2 aliphatic carbocycles. The zero-order chi connectivity index (χ0) is 21.7. The van der Waals surface area contributed by atoms with Crippen molar-refractivity contribution in [1.29, 1.82) is 0 Å². The van der Waals surface area contributed by atoms with Crippen molar-refractivity contribution in [2.75, 3.05) is 4.90 Å². The highest BCUT2D eigenvalue weighted by Gasteiger charge is 2.37. The summed E-state index contributed by atoms with van der Waals surface area (Å²) in [5.74, 6) is 1.61. The van der Waals surface area contributed by atoms with Crippen molar-refractivity contribution in [2.24, 2.45) is 0 Å². The third kappa shape index (κ3) is 3.15. The molecule has 1 saturated carbocycles. The van der Waals surface area contributed by atoms with Crippen LogP contribution in [0.2, 0.25) is 0 Å². The molecule has 2 unspecified atom stereocenters. The van der Waals surface area contributed by atoms with E-state index in [-0.39, 0.29) is 0 Å². The maximum Gasteiger partial charge on any atom is 0.0491 e. The van der Waals surface area contributed by atoms with Gasteiger partial charge in [-0.1, -0.05) is 54.6 Å². The normalized spacial score (nSPS) is 18.6. The third-order valence-electron chi connectivity index (χ3n) is 7.50. The molecule has 4 aromatic rings. The summed E-state index contributed by atoms with van der Waals surface area (Å²) in [4.78, 5) is 2.35. The molecule has 0 saturated heterocycles. The van der Waals surface area contributed by atoms with E-state index < -0.39 is 0 Å². The average molecular weight is 416 g/mol. The summed E-state index contributed by atoms with van der Waals surface area (Å²) < 4.78 is 0. The second-order valence-electron chi connectivity index (χ2n) is 9.51. The molecular weight excluding hydrogens is 386 g/mol. The van der Waals surface area contributed by atoms with Crippen LogP contribution in [-0.4, -0.2) is 0 Å². The van der Waals surface area contributed by atoms with Crippen LogP contribution in [0.15, 0.2) is 91.0 Å². The van der Waals surface area contributed by atoms with Gasteiger partial charge in [0.15, 0.2) is 0 Å². The van der Waals surface area contributed by atoms with Crippen molar-refractivity contribution in [3.63, 3.8) is 0 Å². The van der Waals surface area contributed by atoms with E-state index in [1.807, 2.05) is 0 Å². The maximum atomic E-state index is 2.49. The largest absolute Gasteiger partial charge is 0.310 e. The molecule has 1 fully saturated rings. The van der Waals surface area contributed by atoms with Gasteiger partial charge in [0.05, 0.1) is 0 Å². The number of nitrogens with zero attached hydrogens (tertiary/aromatic N) is 1. The third-order valence-corrected chi connectivity index (χ3v) is 7.50. The Morgan fingerprint density at radius 2 is 1.25 bits per heavy atom. The minimum atomic E-state index is 0.792. The Balaban J connectivity index is 1.43. The molecule has 2 atom stereocenters. The molecule has 1 nitrogen and oxygen atoms in total. The SMILES string of the molecule is Cc1cc(-c2cc(C)c3c(c2)C2CCC3C2)ccc1N(c1ccccc1)c1ccccc1. The topological polar surface area (TPSA) is 3.24 Å². The van der Waals surface area contributed by atoms with Gasteiger partial charge in [-0.05, 0) is 115 Å². The number of rotatable bonds is 4. The van der Waals surface area contributed by atoms with Gasteiger partial charge in [-0.25, -0.2) is 0 Å². The Labute approximate surface area is 191 Å². The molecule has 0 N–H and O–H groups in total. The van der Waals surface area contributed by atoms with Crippen LogP contribution in [0.5, 0.6) is 0 Å². The molecule has 0 aromatic heterocycles. The second kappa shape index (κ2) is 7.67. The zero-order valence-electron chi connectivity index (χ0n) is 18.9. The van der Waals surface area contributed by atoms with E-state index in [0.717, 1.165) is 11.8 Å². The van der Waals surface area contributed by atoms with Crippen LogP contribution in [0.25, 0.3) is 11.1 Å². The van der Waals surface area contributed by atoms with Crippen LogP contribution in [0.4, 0.5) is 17.1 Å². The van der Waals surface area contributed by atoms with Crippen LogP contribution < -0.4 is 4.90 Å². The number of fused-ring (bicyclic) bond motifs is 5. The fourth-order valence-corrected chi connectivity index (χ4v) is 6.08. The molecule has 6 rings (SSSR count). The first kappa shape index (κ1) is 19.4. The summed E-state index contributed by atoms with van der Waals surface area (Å²) in [6.45, 7) is 4.55. The number of benzene rings is 4. The predicted molar refractivity (Wildman–Crippen MR) is 135 cm³/mol. The minimum absolute atomic E-state index is 0.792. The lowest BCUT2D eigenvalue weighted by molar-refractivity contribution is 0.714. The van der Waals surface area contributed by atoms with Crippen molar-refractivity contribution in [3.8, 4) is 11.1 Å². The van der Waals surface area contributed by atoms with E-state index in [1.54, 1.807) is 11.1 Å². The van der Waals surface area contributed by atoms with Gasteiger partial charge in [-0.15, -0.1) is 0 Å². The lowest BCUT2D eigenvalue weighted by atomic mass is 9.86. The van der Waals surface area contributed by atoms with Gasteiger partial charge < -0.3 is 4.90 Å². The first-order valence-corrected chi connectivity index (χ1v) is 11.8. The Morgan fingerprint density at radius 3 is 1.91 bits per heavy atom. The molecule has 0 spiro atoms. The molecule has 4 aromatic carbocycles. The van der Waals surface area contributed by atoms with Crippen LogP contribution in [0.3, 0.4) is 0 Å². The smallest absolute Gasteiger partial charge is 0.0491 e. The van der Waals surface area contributed by atoms with Crippen molar-refractivity contribution in [1.82, 2.24) is 0 Å². The summed E-state index contributed by atoms with van der Waals surface area (Å²) >= 11 is 0. The fraction of sp³-hybridized carbons (Fsp3) is 0.226. The van der Waals surface area contributed by atoms with E-state index in [4.69, 9.17) is 0 Å². The molecule has 2 aliphatic rings. The van der Waals surface area contributed by atoms with Crippen LogP contribution in [-0.2, 0) is 0 Å². The number of hydrogen-bond acceptors (Lipinski definition) is 1. The van der Waals surface area contributed by atoms with Crippen molar-refractivity contribution >= 4 is 17.1 Å². The summed E-state index contributed by atoms with van der Waals surface area (Å²) in [5, 5.41) is 0. The van der Waals surface area contributed by atoms with Gasteiger partial charge in [0.25, 0.3) is 0 Å². The Hall–Kier alpha value is -3.32. The lowest BCUT2D eigenvalue weighted by Crippen LogP contribution is -2.11. The molecular formula is C31H29N. The van der Waals surface area contributed by atoms with Crippen molar-refractivity contribution < 1.29 is 0 Å². The highest BCUT2D eigenvalue weighted by atomic mass is 15.1. The van der Waals surface area contributed by atoms with Crippen LogP contribution >= 0.6 is 0 Å². The Morgan fingerprint density at radius 1 is 0.625 bits per heavy atom. The standard InChI is InChI=1S/C31H29N/c1-21-17-23(26-18-22(2)31-25-14-13-24(19-25)29(31)20-26)15-16-30(21)32(27-9-5-3-6-10-27)28-11-7-4-8-12-28/h3-12,15-18,20,24-25H,13-14,19H2,1-2H3. The van der Waals surface area contributed by atoms with Gasteiger partial charge in [-0.2, -0.15) is 0 Å². The zero-order valence-corrected chi connectivity index (χ0v) is 18.9. The summed E-state index contributed by atoms with van der Waals surface area (Å²) in [6, 6.07) is 33.2. The van der Waals surface area contributed by atoms with Crippen LogP contribution in [0.1, 0.15) is 53.4 Å². The second-order valence-corrected chi connectivity index (χ2v) is 9.51. The van der Waals surface area contributed by atoms with Gasteiger partial charge in [-0.3, -0.25) is 0 Å². The van der Waals surface area contributed by atoms with E-state index >= 15 is 0 Å². The molecule has 0 aliphatic heterocycles. The van der Waals surface area contributed by atoms with Crippen molar-refractivity contribution in [2.45, 2.75) is 44.9 Å². The fourth-order valence-electron chi connectivity index (χ4n) is 6.08. The van der Waals surface area contributed by atoms with Crippen molar-refractivity contribution in [3.05, 3.63) is 113 Å². The predicted octanol–water partition coefficient (Wildman–Crippen LogP) is 8.80. The Bertz CT molecular complexity index is 1230. The monoisotopic (exact) mass is 415 g/mol. The molecule has 0 radical (unpaired) electrons. The molecule has 0 amide bonds. The number of para-hydroxylation sites is 2. The number of anilines is 3. The molecule has 0 heterocycles. The highest BCUT2D eigenvalue weighted by molar-refractivity contribution is 5.80. The van der Waals surface area contributed by atoms with Gasteiger partial charge in [0, 0.05) is 17.1 Å². The number of aryl methyl sites for hydroxylation is 2. The number of hydrogen-bond donors (Lipinski definition) is 0. The summed E-state index contributed by atoms with van der Waals surface area (Å²) in [5.41, 5.74) is 12.3. The van der Waals surface area contributed by atoms with E-state index in [9.17, 15) is 0 Å². The highest BCUT2D eigenvalue weighted by Crippen LogP contribution is 2.55.